The van der Waals surface area contributed by atoms with Gasteiger partial charge in [-0.05, 0) is 42.7 Å². The van der Waals surface area contributed by atoms with E-state index in [2.05, 4.69) is 0 Å². The number of rotatable bonds is 5. The number of carbonyl (C=O) groups excluding carboxylic acids is 2. The monoisotopic (exact) mass is 441 g/mol. The number of sulfonamides is 1. The second-order valence-corrected chi connectivity index (χ2v) is 10.1. The van der Waals surface area contributed by atoms with Gasteiger partial charge in [0.05, 0.1) is 23.9 Å². The van der Waals surface area contributed by atoms with Crippen molar-refractivity contribution in [3.63, 3.8) is 0 Å². The maximum atomic E-state index is 13.0. The summed E-state index contributed by atoms with van der Waals surface area (Å²) in [5.41, 5.74) is 2.90. The van der Waals surface area contributed by atoms with Gasteiger partial charge < -0.3 is 0 Å². The number of aryl methyl sites for hydroxylation is 2. The lowest BCUT2D eigenvalue weighted by Gasteiger charge is -2.36. The van der Waals surface area contributed by atoms with E-state index >= 15 is 0 Å². The molecule has 2 heterocycles. The van der Waals surface area contributed by atoms with E-state index in [0.29, 0.717) is 31.1 Å². The Labute approximate surface area is 183 Å². The van der Waals surface area contributed by atoms with Crippen LogP contribution in [0.2, 0.25) is 0 Å². The first-order valence-electron chi connectivity index (χ1n) is 10.5. The zero-order chi connectivity index (χ0) is 22.2. The molecule has 2 aromatic carbocycles. The summed E-state index contributed by atoms with van der Waals surface area (Å²) in [5.74, 6) is -0.372. The van der Waals surface area contributed by atoms with Crippen molar-refractivity contribution in [3.05, 3.63) is 65.2 Å². The number of carbonyl (C=O) groups is 2. The third-order valence-corrected chi connectivity index (χ3v) is 8.13. The van der Waals surface area contributed by atoms with Crippen LogP contribution in [0.4, 0.5) is 0 Å². The predicted octanol–water partition coefficient (Wildman–Crippen LogP) is 1.94. The van der Waals surface area contributed by atoms with Crippen LogP contribution >= 0.6 is 0 Å². The standard InChI is InChI=1S/C23H27N3O4S/c1-17-8-9-20(14-18(17)2)31(29,30)25-12-10-24(11-13-25)21-15-22(27)26(23(21)28)16-19-6-4-3-5-7-19/h3-9,14,21H,10-13,15-16H2,1-2H3/t21-/m0/s1. The van der Waals surface area contributed by atoms with E-state index in [0.717, 1.165) is 16.7 Å². The van der Waals surface area contributed by atoms with E-state index in [1.54, 1.807) is 12.1 Å². The molecule has 2 amide bonds. The van der Waals surface area contributed by atoms with Crippen LogP contribution in [0.5, 0.6) is 0 Å². The fourth-order valence-corrected chi connectivity index (χ4v) is 5.67. The first-order valence-corrected chi connectivity index (χ1v) is 11.9. The van der Waals surface area contributed by atoms with Gasteiger partial charge in [0.15, 0.2) is 0 Å². The number of amides is 2. The van der Waals surface area contributed by atoms with Crippen LogP contribution in [0.25, 0.3) is 0 Å². The normalized spacial score (nSPS) is 21.1. The molecule has 0 bridgehead atoms. The summed E-state index contributed by atoms with van der Waals surface area (Å²) in [6, 6.07) is 14.1. The summed E-state index contributed by atoms with van der Waals surface area (Å²) in [6.45, 7) is 5.57. The van der Waals surface area contributed by atoms with Crippen LogP contribution in [-0.2, 0) is 26.2 Å². The summed E-state index contributed by atoms with van der Waals surface area (Å²) in [6.07, 6.45) is 0.148. The molecule has 0 aromatic heterocycles. The van der Waals surface area contributed by atoms with E-state index in [9.17, 15) is 18.0 Å². The van der Waals surface area contributed by atoms with Crippen molar-refractivity contribution in [2.45, 2.75) is 37.8 Å². The fourth-order valence-electron chi connectivity index (χ4n) is 4.16. The Morgan fingerprint density at radius 2 is 1.58 bits per heavy atom. The quantitative estimate of drug-likeness (QED) is 0.663. The van der Waals surface area contributed by atoms with Crippen molar-refractivity contribution < 1.29 is 18.0 Å². The van der Waals surface area contributed by atoms with Crippen molar-refractivity contribution in [3.8, 4) is 0 Å². The minimum atomic E-state index is -3.58. The molecule has 0 radical (unpaired) electrons. The Morgan fingerprint density at radius 3 is 2.23 bits per heavy atom. The van der Waals surface area contributed by atoms with E-state index in [1.807, 2.05) is 55.1 Å². The number of likely N-dealkylation sites (tertiary alicyclic amines) is 1. The largest absolute Gasteiger partial charge is 0.289 e. The summed E-state index contributed by atoms with van der Waals surface area (Å²) in [7, 11) is -3.58. The second kappa shape index (κ2) is 8.53. The highest BCUT2D eigenvalue weighted by atomic mass is 32.2. The molecule has 2 aromatic rings. The first-order chi connectivity index (χ1) is 14.8. The molecule has 0 aliphatic carbocycles. The van der Waals surface area contributed by atoms with Crippen molar-refractivity contribution in [1.82, 2.24) is 14.1 Å². The Hall–Kier alpha value is -2.55. The number of benzene rings is 2. The minimum Gasteiger partial charge on any atom is -0.289 e. The van der Waals surface area contributed by atoms with Crippen molar-refractivity contribution >= 4 is 21.8 Å². The molecule has 7 nitrogen and oxygen atoms in total. The van der Waals surface area contributed by atoms with Gasteiger partial charge in [0.1, 0.15) is 0 Å². The molecule has 1 atom stereocenters. The van der Waals surface area contributed by atoms with Crippen LogP contribution < -0.4 is 0 Å². The second-order valence-electron chi connectivity index (χ2n) is 8.21. The van der Waals surface area contributed by atoms with Gasteiger partial charge in [0, 0.05) is 26.2 Å². The van der Waals surface area contributed by atoms with E-state index in [4.69, 9.17) is 0 Å². The summed E-state index contributed by atoms with van der Waals surface area (Å²) < 4.78 is 27.5. The van der Waals surface area contributed by atoms with E-state index in [1.165, 1.54) is 9.21 Å². The Balaban J connectivity index is 1.41. The predicted molar refractivity (Wildman–Crippen MR) is 117 cm³/mol. The van der Waals surface area contributed by atoms with Crippen LogP contribution in [0, 0.1) is 13.8 Å². The molecule has 31 heavy (non-hydrogen) atoms. The maximum Gasteiger partial charge on any atom is 0.247 e. The van der Waals surface area contributed by atoms with E-state index in [-0.39, 0.29) is 24.8 Å². The lowest BCUT2D eigenvalue weighted by molar-refractivity contribution is -0.140. The van der Waals surface area contributed by atoms with Crippen LogP contribution in [0.3, 0.4) is 0 Å². The summed E-state index contributed by atoms with van der Waals surface area (Å²) in [4.78, 5) is 29.0. The highest BCUT2D eigenvalue weighted by Crippen LogP contribution is 2.25. The molecule has 164 valence electrons. The van der Waals surface area contributed by atoms with Gasteiger partial charge in [-0.1, -0.05) is 36.4 Å². The summed E-state index contributed by atoms with van der Waals surface area (Å²) in [5, 5.41) is 0. The highest BCUT2D eigenvalue weighted by Gasteiger charge is 2.43. The molecule has 8 heteroatoms. The number of piperazine rings is 1. The molecule has 2 fully saturated rings. The number of hydrogen-bond donors (Lipinski definition) is 0. The van der Waals surface area contributed by atoms with Gasteiger partial charge in [0.25, 0.3) is 0 Å². The SMILES string of the molecule is Cc1ccc(S(=O)(=O)N2CCN([C@H]3CC(=O)N(Cc4ccccc4)C3=O)CC2)cc1C. The molecule has 0 N–H and O–H groups in total. The van der Waals surface area contributed by atoms with Crippen molar-refractivity contribution in [2.75, 3.05) is 26.2 Å². The lowest BCUT2D eigenvalue weighted by Crippen LogP contribution is -2.53. The summed E-state index contributed by atoms with van der Waals surface area (Å²) >= 11 is 0. The molecule has 4 rings (SSSR count). The molecule has 0 saturated carbocycles. The van der Waals surface area contributed by atoms with E-state index < -0.39 is 16.1 Å². The number of imide groups is 1. The molecule has 2 saturated heterocycles. The number of hydrogen-bond acceptors (Lipinski definition) is 5. The Morgan fingerprint density at radius 1 is 0.903 bits per heavy atom. The van der Waals surface area contributed by atoms with Gasteiger partial charge >= 0.3 is 0 Å². The average molecular weight is 442 g/mol. The molecule has 2 aliphatic heterocycles. The molecule has 2 aliphatic rings. The van der Waals surface area contributed by atoms with Gasteiger partial charge in [0.2, 0.25) is 21.8 Å². The molecule has 0 unspecified atom stereocenters. The highest BCUT2D eigenvalue weighted by molar-refractivity contribution is 7.89. The molecular weight excluding hydrogens is 414 g/mol. The topological polar surface area (TPSA) is 78.0 Å². The van der Waals surface area contributed by atoms with Gasteiger partial charge in [-0.15, -0.1) is 0 Å². The van der Waals surface area contributed by atoms with Crippen LogP contribution in [-0.4, -0.2) is 66.6 Å². The zero-order valence-electron chi connectivity index (χ0n) is 17.8. The number of nitrogens with zero attached hydrogens (tertiary/aromatic N) is 3. The van der Waals surface area contributed by atoms with Gasteiger partial charge in [-0.25, -0.2) is 8.42 Å². The van der Waals surface area contributed by atoms with Gasteiger partial charge in [-0.2, -0.15) is 4.31 Å². The third-order valence-electron chi connectivity index (χ3n) is 6.23. The Bertz CT molecular complexity index is 1090. The van der Waals surface area contributed by atoms with Gasteiger partial charge in [-0.3, -0.25) is 19.4 Å². The van der Waals surface area contributed by atoms with Crippen LogP contribution in [0.15, 0.2) is 53.4 Å². The average Bonchev–Trinajstić information content (AvgIpc) is 3.04. The first kappa shape index (κ1) is 21.7. The van der Waals surface area contributed by atoms with Crippen molar-refractivity contribution in [2.24, 2.45) is 0 Å². The lowest BCUT2D eigenvalue weighted by atomic mass is 10.1. The zero-order valence-corrected chi connectivity index (χ0v) is 18.6. The Kier molecular flexibility index (Phi) is 5.96. The third kappa shape index (κ3) is 4.28. The molecule has 0 spiro atoms. The smallest absolute Gasteiger partial charge is 0.247 e. The fraction of sp³-hybridized carbons (Fsp3) is 0.391. The minimum absolute atomic E-state index is 0.148. The maximum absolute atomic E-state index is 13.0. The molecular formula is C23H27N3O4S. The van der Waals surface area contributed by atoms with Crippen LogP contribution in [0.1, 0.15) is 23.1 Å². The van der Waals surface area contributed by atoms with Crippen molar-refractivity contribution in [1.29, 1.82) is 0 Å².